The Hall–Kier alpha value is -0.610. The molecule has 4 unspecified atom stereocenters. The summed E-state index contributed by atoms with van der Waals surface area (Å²) in [4.78, 5) is 14.0. The number of aliphatic hydroxyl groups is 1. The Morgan fingerprint density at radius 1 is 1.44 bits per heavy atom. The summed E-state index contributed by atoms with van der Waals surface area (Å²) in [6.07, 6.45) is 3.85. The zero-order chi connectivity index (χ0) is 13.7. The van der Waals surface area contributed by atoms with Gasteiger partial charge in [0.25, 0.3) is 0 Å². The van der Waals surface area contributed by atoms with Crippen LogP contribution in [-0.4, -0.2) is 47.7 Å². The van der Waals surface area contributed by atoms with E-state index in [9.17, 15) is 9.90 Å². The number of carbonyl (C=O) groups excluding carboxylic acids is 1. The van der Waals surface area contributed by atoms with E-state index in [-0.39, 0.29) is 24.1 Å². The van der Waals surface area contributed by atoms with Gasteiger partial charge in [-0.1, -0.05) is 13.3 Å². The average molecular weight is 256 g/mol. The molecule has 1 fully saturated rings. The van der Waals surface area contributed by atoms with Gasteiger partial charge in [0.2, 0.25) is 5.91 Å². The van der Waals surface area contributed by atoms with E-state index in [2.05, 4.69) is 17.1 Å². The van der Waals surface area contributed by atoms with Crippen molar-refractivity contribution in [1.29, 1.82) is 0 Å². The fourth-order valence-electron chi connectivity index (χ4n) is 2.42. The van der Waals surface area contributed by atoms with Gasteiger partial charge in [-0.15, -0.1) is 0 Å². The lowest BCUT2D eigenvalue weighted by molar-refractivity contribution is -0.126. The van der Waals surface area contributed by atoms with Crippen LogP contribution in [0.5, 0.6) is 0 Å². The highest BCUT2D eigenvalue weighted by molar-refractivity contribution is 5.81. The minimum atomic E-state index is -0.183. The molecule has 4 atom stereocenters. The Kier molecular flexibility index (Phi) is 6.09. The Bertz CT molecular complexity index is 271. The maximum absolute atomic E-state index is 12.0. The monoisotopic (exact) mass is 256 g/mol. The molecule has 1 aliphatic rings. The van der Waals surface area contributed by atoms with E-state index < -0.39 is 0 Å². The third-order valence-corrected chi connectivity index (χ3v) is 4.18. The summed E-state index contributed by atoms with van der Waals surface area (Å²) >= 11 is 0. The molecule has 0 saturated heterocycles. The van der Waals surface area contributed by atoms with Crippen LogP contribution in [0.1, 0.15) is 46.5 Å². The van der Waals surface area contributed by atoms with Crippen molar-refractivity contribution in [2.75, 3.05) is 13.6 Å². The first kappa shape index (κ1) is 15.4. The van der Waals surface area contributed by atoms with Gasteiger partial charge in [-0.05, 0) is 46.1 Å². The van der Waals surface area contributed by atoms with E-state index in [0.29, 0.717) is 5.92 Å². The second-order valence-electron chi connectivity index (χ2n) is 5.69. The van der Waals surface area contributed by atoms with E-state index in [0.717, 1.165) is 32.2 Å². The van der Waals surface area contributed by atoms with Gasteiger partial charge in [-0.3, -0.25) is 9.69 Å². The zero-order valence-electron chi connectivity index (χ0n) is 12.1. The van der Waals surface area contributed by atoms with Crippen LogP contribution in [0.2, 0.25) is 0 Å². The normalized spacial score (nSPS) is 27.2. The molecule has 0 bridgehead atoms. The molecule has 4 nitrogen and oxygen atoms in total. The largest absolute Gasteiger partial charge is 0.393 e. The molecule has 0 aliphatic heterocycles. The minimum Gasteiger partial charge on any atom is -0.393 e. The predicted octanol–water partition coefficient (Wildman–Crippen LogP) is 1.38. The number of amides is 1. The highest BCUT2D eigenvalue weighted by Gasteiger charge is 2.28. The number of likely N-dealkylation sites (N-methyl/N-ethyl adjacent to an activating group) is 1. The molecule has 1 amide bonds. The number of nitrogens with zero attached hydrogens (tertiary/aromatic N) is 1. The number of hydrogen-bond acceptors (Lipinski definition) is 3. The summed E-state index contributed by atoms with van der Waals surface area (Å²) in [5.41, 5.74) is 0. The van der Waals surface area contributed by atoms with Gasteiger partial charge in [-0.25, -0.2) is 0 Å². The lowest BCUT2D eigenvalue weighted by atomic mass is 10.0. The van der Waals surface area contributed by atoms with Crippen molar-refractivity contribution >= 4 is 5.91 Å². The van der Waals surface area contributed by atoms with Gasteiger partial charge >= 0.3 is 0 Å². The van der Waals surface area contributed by atoms with Gasteiger partial charge in [0, 0.05) is 12.6 Å². The van der Waals surface area contributed by atoms with E-state index in [1.54, 1.807) is 0 Å². The molecule has 0 aromatic rings. The Balaban J connectivity index is 2.40. The fraction of sp³-hybridized carbons (Fsp3) is 0.929. The molecular weight excluding hydrogens is 228 g/mol. The molecule has 1 rings (SSSR count). The summed E-state index contributed by atoms with van der Waals surface area (Å²) in [5.74, 6) is 0.410. The van der Waals surface area contributed by atoms with E-state index >= 15 is 0 Å². The van der Waals surface area contributed by atoms with Crippen LogP contribution >= 0.6 is 0 Å². The molecule has 2 N–H and O–H groups in total. The highest BCUT2D eigenvalue weighted by atomic mass is 16.3. The first-order valence-corrected chi connectivity index (χ1v) is 7.14. The average Bonchev–Trinajstić information content (AvgIpc) is 2.73. The van der Waals surface area contributed by atoms with Gasteiger partial charge in [-0.2, -0.15) is 0 Å². The van der Waals surface area contributed by atoms with Crippen molar-refractivity contribution in [2.45, 2.75) is 64.6 Å². The minimum absolute atomic E-state index is 0.0827. The van der Waals surface area contributed by atoms with E-state index in [1.807, 2.05) is 20.9 Å². The zero-order valence-corrected chi connectivity index (χ0v) is 12.1. The van der Waals surface area contributed by atoms with Crippen molar-refractivity contribution in [2.24, 2.45) is 5.92 Å². The second-order valence-corrected chi connectivity index (χ2v) is 5.69. The van der Waals surface area contributed by atoms with E-state index in [4.69, 9.17) is 0 Å². The lowest BCUT2D eigenvalue weighted by Crippen LogP contribution is -2.47. The van der Waals surface area contributed by atoms with Crippen LogP contribution in [0.25, 0.3) is 0 Å². The fourth-order valence-corrected chi connectivity index (χ4v) is 2.42. The number of rotatable bonds is 6. The van der Waals surface area contributed by atoms with Crippen molar-refractivity contribution in [3.63, 3.8) is 0 Å². The number of aliphatic hydroxyl groups excluding tert-OH is 1. The highest BCUT2D eigenvalue weighted by Crippen LogP contribution is 2.26. The van der Waals surface area contributed by atoms with Crippen LogP contribution in [0.15, 0.2) is 0 Å². The van der Waals surface area contributed by atoms with Gasteiger partial charge < -0.3 is 10.4 Å². The van der Waals surface area contributed by atoms with Crippen molar-refractivity contribution in [3.8, 4) is 0 Å². The van der Waals surface area contributed by atoms with Crippen molar-refractivity contribution < 1.29 is 9.90 Å². The molecule has 0 heterocycles. The van der Waals surface area contributed by atoms with Gasteiger partial charge in [0.05, 0.1) is 12.1 Å². The topological polar surface area (TPSA) is 52.6 Å². The third kappa shape index (κ3) is 4.25. The Labute approximate surface area is 111 Å². The smallest absolute Gasteiger partial charge is 0.237 e. The summed E-state index contributed by atoms with van der Waals surface area (Å²) in [6.45, 7) is 6.81. The number of hydrogen-bond donors (Lipinski definition) is 2. The van der Waals surface area contributed by atoms with Gasteiger partial charge in [0.1, 0.15) is 0 Å². The summed E-state index contributed by atoms with van der Waals surface area (Å²) < 4.78 is 0. The first-order chi connectivity index (χ1) is 8.45. The van der Waals surface area contributed by atoms with Crippen LogP contribution < -0.4 is 5.32 Å². The van der Waals surface area contributed by atoms with Crippen molar-refractivity contribution in [3.05, 3.63) is 0 Å². The Morgan fingerprint density at radius 3 is 2.61 bits per heavy atom. The molecule has 4 heteroatoms. The first-order valence-electron chi connectivity index (χ1n) is 7.14. The van der Waals surface area contributed by atoms with Crippen LogP contribution in [-0.2, 0) is 4.79 Å². The summed E-state index contributed by atoms with van der Waals surface area (Å²) in [6, 6.07) is 0.0946. The van der Waals surface area contributed by atoms with E-state index in [1.165, 1.54) is 0 Å². The Morgan fingerprint density at radius 2 is 2.11 bits per heavy atom. The molecule has 0 spiro atoms. The number of nitrogens with one attached hydrogen (secondary N) is 1. The predicted molar refractivity (Wildman–Crippen MR) is 73.3 cm³/mol. The van der Waals surface area contributed by atoms with Crippen LogP contribution in [0.3, 0.4) is 0 Å². The molecular formula is C14H28N2O2. The van der Waals surface area contributed by atoms with Gasteiger partial charge in [0.15, 0.2) is 0 Å². The molecule has 0 aromatic carbocycles. The second kappa shape index (κ2) is 7.10. The quantitative estimate of drug-likeness (QED) is 0.755. The molecule has 1 aliphatic carbocycles. The summed E-state index contributed by atoms with van der Waals surface area (Å²) in [5, 5.41) is 12.8. The summed E-state index contributed by atoms with van der Waals surface area (Å²) in [7, 11) is 1.96. The maximum Gasteiger partial charge on any atom is 0.237 e. The van der Waals surface area contributed by atoms with Crippen molar-refractivity contribution in [1.82, 2.24) is 10.2 Å². The lowest BCUT2D eigenvalue weighted by Gasteiger charge is -2.28. The molecule has 18 heavy (non-hydrogen) atoms. The maximum atomic E-state index is 12.0. The molecule has 0 radical (unpaired) electrons. The third-order valence-electron chi connectivity index (χ3n) is 4.18. The SMILES string of the molecule is CCC(C)NC(=O)C(C)N(C)CC1CCCC1O. The molecule has 1 saturated carbocycles. The number of carbonyl (C=O) groups is 1. The van der Waals surface area contributed by atoms with Crippen LogP contribution in [0, 0.1) is 5.92 Å². The van der Waals surface area contributed by atoms with Crippen LogP contribution in [0.4, 0.5) is 0 Å². The molecule has 0 aromatic heterocycles. The molecule has 106 valence electrons. The standard InChI is InChI=1S/C14H28N2O2/c1-5-10(2)15-14(18)11(3)16(4)9-12-7-6-8-13(12)17/h10-13,17H,5-9H2,1-4H3,(H,15,18).